The van der Waals surface area contributed by atoms with E-state index in [0.717, 1.165) is 22.4 Å². The molecule has 3 N–H and O–H groups in total. The van der Waals surface area contributed by atoms with Crippen molar-refractivity contribution in [3.8, 4) is 6.07 Å². The first kappa shape index (κ1) is 23.5. The van der Waals surface area contributed by atoms with E-state index >= 15 is 0 Å². The molecule has 0 atom stereocenters. The number of benzene rings is 3. The minimum Gasteiger partial charge on any atom is -0.393 e. The number of halogens is 1. The Labute approximate surface area is 203 Å². The number of nitrogens with one attached hydrogen (secondary N) is 2. The fourth-order valence-corrected chi connectivity index (χ4v) is 4.50. The van der Waals surface area contributed by atoms with E-state index in [1.807, 2.05) is 56.3 Å². The lowest BCUT2D eigenvalue weighted by molar-refractivity contribution is 0.0341. The average molecular weight is 473 g/mol. The van der Waals surface area contributed by atoms with Gasteiger partial charge in [0.05, 0.1) is 34.2 Å². The molecule has 1 aliphatic carbocycles. The number of nitriles is 1. The van der Waals surface area contributed by atoms with Crippen molar-refractivity contribution in [2.24, 2.45) is 0 Å². The third-order valence-electron chi connectivity index (χ3n) is 6.01. The first-order valence-corrected chi connectivity index (χ1v) is 11.6. The zero-order valence-corrected chi connectivity index (χ0v) is 19.7. The molecular weight excluding hydrogens is 448 g/mol. The summed E-state index contributed by atoms with van der Waals surface area (Å²) >= 11 is 6.11. The standard InChI is InChI=1S/C25H19ClN4O2.C2H6/c26-18-6-9-21-22(11-18)30-24(29-21)25(12-20(31)13-25)17-4-7-19(8-5-17)28-23(32)16-3-1-2-15(10-16)14-27;1-2/h1-11,20,31H,12-13H2,(H,28,32)(H,29,30);1-2H3. The van der Waals surface area contributed by atoms with Gasteiger partial charge in [-0.2, -0.15) is 5.26 Å². The molecule has 1 heterocycles. The van der Waals surface area contributed by atoms with Crippen molar-refractivity contribution in [3.05, 3.63) is 94.3 Å². The molecule has 0 spiro atoms. The maximum Gasteiger partial charge on any atom is 0.255 e. The molecule has 7 heteroatoms. The van der Waals surface area contributed by atoms with Crippen molar-refractivity contribution in [1.29, 1.82) is 5.26 Å². The normalized spacial score (nSPS) is 18.9. The number of anilines is 1. The zero-order valence-electron chi connectivity index (χ0n) is 19.0. The summed E-state index contributed by atoms with van der Waals surface area (Å²) in [6.07, 6.45) is 0.735. The molecule has 5 rings (SSSR count). The van der Waals surface area contributed by atoms with Crippen LogP contribution < -0.4 is 5.32 Å². The number of H-pyrrole nitrogens is 1. The Morgan fingerprint density at radius 3 is 2.56 bits per heavy atom. The smallest absolute Gasteiger partial charge is 0.255 e. The molecule has 0 radical (unpaired) electrons. The van der Waals surface area contributed by atoms with E-state index in [0.29, 0.717) is 34.7 Å². The molecule has 0 unspecified atom stereocenters. The van der Waals surface area contributed by atoms with Gasteiger partial charge in [-0.25, -0.2) is 4.98 Å². The second kappa shape index (κ2) is 9.68. The number of imidazole rings is 1. The van der Waals surface area contributed by atoms with Crippen molar-refractivity contribution >= 4 is 34.2 Å². The van der Waals surface area contributed by atoms with Crippen LogP contribution >= 0.6 is 11.6 Å². The highest BCUT2D eigenvalue weighted by atomic mass is 35.5. The Hall–Kier alpha value is -3.66. The van der Waals surface area contributed by atoms with Crippen molar-refractivity contribution < 1.29 is 9.90 Å². The number of aliphatic hydroxyl groups excluding tert-OH is 1. The Kier molecular flexibility index (Phi) is 6.69. The third-order valence-corrected chi connectivity index (χ3v) is 6.25. The van der Waals surface area contributed by atoms with E-state index in [4.69, 9.17) is 21.8 Å². The van der Waals surface area contributed by atoms with Gasteiger partial charge in [-0.15, -0.1) is 0 Å². The molecule has 1 fully saturated rings. The van der Waals surface area contributed by atoms with E-state index in [-0.39, 0.29) is 5.91 Å². The van der Waals surface area contributed by atoms with Crippen LogP contribution in [0.5, 0.6) is 0 Å². The highest BCUT2D eigenvalue weighted by molar-refractivity contribution is 6.31. The summed E-state index contributed by atoms with van der Waals surface area (Å²) in [4.78, 5) is 20.7. The van der Waals surface area contributed by atoms with Crippen LogP contribution in [0, 0.1) is 11.3 Å². The topological polar surface area (TPSA) is 102 Å². The van der Waals surface area contributed by atoms with Crippen LogP contribution in [-0.2, 0) is 5.41 Å². The van der Waals surface area contributed by atoms with Gasteiger partial charge >= 0.3 is 0 Å². The number of hydrogen-bond acceptors (Lipinski definition) is 4. The summed E-state index contributed by atoms with van der Waals surface area (Å²) in [7, 11) is 0. The SMILES string of the molecule is CC.N#Cc1cccc(C(=O)Nc2ccc(C3(c4nc5ccc(Cl)cc5[nH]4)CC(O)C3)cc2)c1. The molecule has 172 valence electrons. The second-order valence-corrected chi connectivity index (χ2v) is 8.55. The lowest BCUT2D eigenvalue weighted by Gasteiger charge is -2.44. The fraction of sp³-hybridized carbons (Fsp3) is 0.222. The molecule has 1 amide bonds. The van der Waals surface area contributed by atoms with Crippen LogP contribution in [0.3, 0.4) is 0 Å². The van der Waals surface area contributed by atoms with Gasteiger partial charge in [0.1, 0.15) is 5.82 Å². The number of carbonyl (C=O) groups is 1. The number of nitrogens with zero attached hydrogens (tertiary/aromatic N) is 2. The molecule has 0 aliphatic heterocycles. The lowest BCUT2D eigenvalue weighted by Crippen LogP contribution is -2.46. The zero-order chi connectivity index (χ0) is 24.3. The van der Waals surface area contributed by atoms with Gasteiger partial charge in [0.2, 0.25) is 0 Å². The Morgan fingerprint density at radius 2 is 1.88 bits per heavy atom. The average Bonchev–Trinajstić information content (AvgIpc) is 3.27. The van der Waals surface area contributed by atoms with E-state index in [9.17, 15) is 9.90 Å². The predicted molar refractivity (Wildman–Crippen MR) is 134 cm³/mol. The van der Waals surface area contributed by atoms with Gasteiger partial charge in [-0.3, -0.25) is 4.79 Å². The minimum atomic E-state index is -0.422. The van der Waals surface area contributed by atoms with Crippen molar-refractivity contribution in [2.45, 2.75) is 38.2 Å². The van der Waals surface area contributed by atoms with Gasteiger partial charge in [0.15, 0.2) is 0 Å². The summed E-state index contributed by atoms with van der Waals surface area (Å²) in [6.45, 7) is 4.00. The third kappa shape index (κ3) is 4.41. The molecule has 1 aliphatic rings. The molecule has 6 nitrogen and oxygen atoms in total. The summed E-state index contributed by atoms with van der Waals surface area (Å²) in [5, 5.41) is 22.7. The van der Waals surface area contributed by atoms with Gasteiger partial charge < -0.3 is 15.4 Å². The molecule has 34 heavy (non-hydrogen) atoms. The molecule has 1 saturated carbocycles. The first-order valence-electron chi connectivity index (χ1n) is 11.2. The van der Waals surface area contributed by atoms with Crippen LogP contribution in [0.25, 0.3) is 11.0 Å². The highest BCUT2D eigenvalue weighted by Crippen LogP contribution is 2.48. The fourth-order valence-electron chi connectivity index (χ4n) is 4.32. The van der Waals surface area contributed by atoms with E-state index < -0.39 is 11.5 Å². The number of carbonyl (C=O) groups excluding carboxylic acids is 1. The number of rotatable bonds is 4. The van der Waals surface area contributed by atoms with E-state index in [1.54, 1.807) is 30.3 Å². The van der Waals surface area contributed by atoms with Crippen LogP contribution in [0.4, 0.5) is 5.69 Å². The Bertz CT molecular complexity index is 1370. The number of fused-ring (bicyclic) bond motifs is 1. The van der Waals surface area contributed by atoms with E-state index in [1.165, 1.54) is 0 Å². The highest BCUT2D eigenvalue weighted by Gasteiger charge is 2.48. The summed E-state index contributed by atoms with van der Waals surface area (Å²) in [5.41, 5.74) is 3.78. The van der Waals surface area contributed by atoms with Crippen molar-refractivity contribution in [3.63, 3.8) is 0 Å². The van der Waals surface area contributed by atoms with Crippen molar-refractivity contribution in [1.82, 2.24) is 9.97 Å². The van der Waals surface area contributed by atoms with Crippen LogP contribution in [-0.4, -0.2) is 27.1 Å². The van der Waals surface area contributed by atoms with Gasteiger partial charge in [-0.05, 0) is 66.9 Å². The predicted octanol–water partition coefficient (Wildman–Crippen LogP) is 5.81. The van der Waals surface area contributed by atoms with Crippen LogP contribution in [0.15, 0.2) is 66.7 Å². The van der Waals surface area contributed by atoms with Crippen molar-refractivity contribution in [2.75, 3.05) is 5.32 Å². The maximum absolute atomic E-state index is 12.5. The van der Waals surface area contributed by atoms with Gasteiger partial charge in [0.25, 0.3) is 5.91 Å². The quantitative estimate of drug-likeness (QED) is 0.349. The Balaban J connectivity index is 0.00000133. The number of aliphatic hydroxyl groups is 1. The molecule has 0 saturated heterocycles. The van der Waals surface area contributed by atoms with Gasteiger partial charge in [-0.1, -0.05) is 43.6 Å². The summed E-state index contributed by atoms with van der Waals surface area (Å²) < 4.78 is 0. The number of aromatic amines is 1. The number of hydrogen-bond donors (Lipinski definition) is 3. The van der Waals surface area contributed by atoms with E-state index in [2.05, 4.69) is 10.3 Å². The summed E-state index contributed by atoms with van der Waals surface area (Å²) in [6, 6.07) is 21.7. The molecule has 0 bridgehead atoms. The first-order chi connectivity index (χ1) is 16.5. The van der Waals surface area contributed by atoms with Crippen LogP contribution in [0.2, 0.25) is 5.02 Å². The maximum atomic E-state index is 12.5. The van der Waals surface area contributed by atoms with Gasteiger partial charge in [0, 0.05) is 16.3 Å². The van der Waals surface area contributed by atoms with Crippen LogP contribution in [0.1, 0.15) is 54.0 Å². The lowest BCUT2D eigenvalue weighted by atomic mass is 9.62. The largest absolute Gasteiger partial charge is 0.393 e. The number of aromatic nitrogens is 2. The molecule has 4 aromatic rings. The molecule has 3 aromatic carbocycles. The number of amides is 1. The minimum absolute atomic E-state index is 0.280. The summed E-state index contributed by atoms with van der Waals surface area (Å²) in [5.74, 6) is 0.517. The monoisotopic (exact) mass is 472 g/mol. The second-order valence-electron chi connectivity index (χ2n) is 8.12. The molecular formula is C27H25ClN4O2. The Morgan fingerprint density at radius 1 is 1.15 bits per heavy atom. The molecule has 1 aromatic heterocycles.